The normalized spacial score (nSPS) is 10.6. The zero-order valence-corrected chi connectivity index (χ0v) is 13.7. The van der Waals surface area contributed by atoms with E-state index in [0.717, 1.165) is 34.2 Å². The van der Waals surface area contributed by atoms with Gasteiger partial charge in [0.2, 0.25) is 0 Å². The average Bonchev–Trinajstić information content (AvgIpc) is 3.14. The van der Waals surface area contributed by atoms with Crippen LogP contribution >= 0.6 is 0 Å². The van der Waals surface area contributed by atoms with Crippen LogP contribution in [0.3, 0.4) is 0 Å². The molecule has 0 radical (unpaired) electrons. The highest BCUT2D eigenvalue weighted by atomic mass is 16.5. The highest BCUT2D eigenvalue weighted by Crippen LogP contribution is 2.28. The number of ether oxygens (including phenoxy) is 1. The Labute approximate surface area is 145 Å². The molecular weight excluding hydrogens is 312 g/mol. The smallest absolute Gasteiger partial charge is 0.168 e. The van der Waals surface area contributed by atoms with Gasteiger partial charge in [0.05, 0.1) is 7.11 Å². The summed E-state index contributed by atoms with van der Waals surface area (Å²) in [4.78, 5) is 4.09. The lowest BCUT2D eigenvalue weighted by molar-refractivity contribution is 0.415. The minimum atomic E-state index is 0.770. The van der Waals surface area contributed by atoms with Crippen molar-refractivity contribution < 1.29 is 4.74 Å². The van der Waals surface area contributed by atoms with E-state index in [4.69, 9.17) is 4.74 Å². The van der Waals surface area contributed by atoms with Crippen molar-refractivity contribution in [2.45, 2.75) is 0 Å². The van der Waals surface area contributed by atoms with E-state index < -0.39 is 0 Å². The van der Waals surface area contributed by atoms with Crippen molar-refractivity contribution in [3.63, 3.8) is 0 Å². The van der Waals surface area contributed by atoms with E-state index >= 15 is 0 Å². The molecule has 0 aliphatic rings. The minimum Gasteiger partial charge on any atom is -0.497 e. The maximum atomic E-state index is 5.27. The second-order valence-corrected chi connectivity index (χ2v) is 5.48. The van der Waals surface area contributed by atoms with Gasteiger partial charge in [0.15, 0.2) is 11.6 Å². The van der Waals surface area contributed by atoms with Crippen molar-refractivity contribution in [2.75, 3.05) is 7.11 Å². The van der Waals surface area contributed by atoms with Crippen LogP contribution in [0.15, 0.2) is 79.1 Å². The van der Waals surface area contributed by atoms with Gasteiger partial charge < -0.3 is 4.74 Å². The van der Waals surface area contributed by atoms with Crippen LogP contribution in [0.4, 0.5) is 0 Å². The molecule has 0 atom stereocenters. The van der Waals surface area contributed by atoms with Crippen molar-refractivity contribution >= 4 is 0 Å². The highest BCUT2D eigenvalue weighted by Gasteiger charge is 2.16. The SMILES string of the molecule is COc1ccc(-n2c(-c3ccccc3)nnc2-c2ccncc2)cc1. The largest absolute Gasteiger partial charge is 0.497 e. The quantitative estimate of drug-likeness (QED) is 0.568. The van der Waals surface area contributed by atoms with Crippen LogP contribution in [-0.2, 0) is 0 Å². The summed E-state index contributed by atoms with van der Waals surface area (Å²) < 4.78 is 7.31. The first-order valence-corrected chi connectivity index (χ1v) is 7.92. The van der Waals surface area contributed by atoms with Crippen molar-refractivity contribution in [3.8, 4) is 34.2 Å². The van der Waals surface area contributed by atoms with Crippen LogP contribution in [0.25, 0.3) is 28.5 Å². The Morgan fingerprint density at radius 1 is 0.720 bits per heavy atom. The van der Waals surface area contributed by atoms with E-state index in [2.05, 4.69) is 15.2 Å². The zero-order chi connectivity index (χ0) is 17.1. The molecule has 25 heavy (non-hydrogen) atoms. The van der Waals surface area contributed by atoms with Gasteiger partial charge in [-0.15, -0.1) is 10.2 Å². The summed E-state index contributed by atoms with van der Waals surface area (Å²) in [6.07, 6.45) is 3.51. The first-order valence-electron chi connectivity index (χ1n) is 7.92. The second kappa shape index (κ2) is 6.57. The standard InChI is InChI=1S/C20H16N4O/c1-25-18-9-7-17(8-10-18)24-19(15-5-3-2-4-6-15)22-23-20(24)16-11-13-21-14-12-16/h2-14H,1H3. The Hall–Kier alpha value is -3.47. The van der Waals surface area contributed by atoms with Crippen LogP contribution in [-0.4, -0.2) is 26.9 Å². The maximum absolute atomic E-state index is 5.27. The molecule has 0 amide bonds. The summed E-state index contributed by atoms with van der Waals surface area (Å²) in [5, 5.41) is 8.88. The Bertz CT molecular complexity index is 907. The van der Waals surface area contributed by atoms with Gasteiger partial charge in [-0.25, -0.2) is 0 Å². The fraction of sp³-hybridized carbons (Fsp3) is 0.0500. The summed E-state index contributed by atoms with van der Waals surface area (Å²) in [6, 6.07) is 21.8. The van der Waals surface area contributed by atoms with Gasteiger partial charge in [-0.1, -0.05) is 30.3 Å². The van der Waals surface area contributed by atoms with Crippen LogP contribution in [0.2, 0.25) is 0 Å². The molecule has 2 aromatic carbocycles. The summed E-state index contributed by atoms with van der Waals surface area (Å²) >= 11 is 0. The number of methoxy groups -OCH3 is 1. The molecule has 0 aliphatic carbocycles. The van der Waals surface area contributed by atoms with E-state index in [0.29, 0.717) is 0 Å². The van der Waals surface area contributed by atoms with Gasteiger partial charge in [0, 0.05) is 29.2 Å². The molecule has 4 aromatic rings. The summed E-state index contributed by atoms with van der Waals surface area (Å²) in [6.45, 7) is 0. The van der Waals surface area contributed by atoms with Gasteiger partial charge in [-0.3, -0.25) is 9.55 Å². The van der Waals surface area contributed by atoms with E-state index in [1.807, 2.05) is 71.3 Å². The lowest BCUT2D eigenvalue weighted by Crippen LogP contribution is -2.00. The zero-order valence-electron chi connectivity index (χ0n) is 13.7. The van der Waals surface area contributed by atoms with Crippen molar-refractivity contribution in [1.29, 1.82) is 0 Å². The molecule has 122 valence electrons. The van der Waals surface area contributed by atoms with Crippen LogP contribution in [0.5, 0.6) is 5.75 Å². The summed E-state index contributed by atoms with van der Waals surface area (Å²) in [7, 11) is 1.66. The first kappa shape index (κ1) is 15.1. The predicted octanol–water partition coefficient (Wildman–Crippen LogP) is 4.00. The van der Waals surface area contributed by atoms with Crippen LogP contribution < -0.4 is 4.74 Å². The van der Waals surface area contributed by atoms with Gasteiger partial charge in [-0.2, -0.15) is 0 Å². The fourth-order valence-electron chi connectivity index (χ4n) is 2.72. The molecule has 2 heterocycles. The van der Waals surface area contributed by atoms with Gasteiger partial charge >= 0.3 is 0 Å². The summed E-state index contributed by atoms with van der Waals surface area (Å²) in [5.41, 5.74) is 2.93. The lowest BCUT2D eigenvalue weighted by Gasteiger charge is -2.11. The summed E-state index contributed by atoms with van der Waals surface area (Å²) in [5.74, 6) is 2.37. The lowest BCUT2D eigenvalue weighted by atomic mass is 10.2. The van der Waals surface area contributed by atoms with Crippen molar-refractivity contribution in [3.05, 3.63) is 79.1 Å². The molecule has 0 saturated carbocycles. The Morgan fingerprint density at radius 2 is 1.32 bits per heavy atom. The van der Waals surface area contributed by atoms with E-state index in [-0.39, 0.29) is 0 Å². The highest BCUT2D eigenvalue weighted by molar-refractivity contribution is 5.66. The third-order valence-corrected chi connectivity index (χ3v) is 3.96. The molecule has 0 unspecified atom stereocenters. The van der Waals surface area contributed by atoms with E-state index in [1.54, 1.807) is 19.5 Å². The topological polar surface area (TPSA) is 52.8 Å². The molecule has 2 aromatic heterocycles. The fourth-order valence-corrected chi connectivity index (χ4v) is 2.72. The number of rotatable bonds is 4. The van der Waals surface area contributed by atoms with Gasteiger partial charge in [-0.05, 0) is 36.4 Å². The average molecular weight is 328 g/mol. The number of hydrogen-bond donors (Lipinski definition) is 0. The Balaban J connectivity index is 1.93. The minimum absolute atomic E-state index is 0.770. The Kier molecular flexibility index (Phi) is 3.96. The number of pyridine rings is 1. The molecule has 0 spiro atoms. The van der Waals surface area contributed by atoms with Gasteiger partial charge in [0.1, 0.15) is 5.75 Å². The maximum Gasteiger partial charge on any atom is 0.168 e. The molecule has 4 rings (SSSR count). The monoisotopic (exact) mass is 328 g/mol. The predicted molar refractivity (Wildman–Crippen MR) is 96.6 cm³/mol. The number of aromatic nitrogens is 4. The number of hydrogen-bond acceptors (Lipinski definition) is 4. The molecule has 5 heteroatoms. The number of nitrogens with zero attached hydrogens (tertiary/aromatic N) is 4. The molecule has 0 N–H and O–H groups in total. The molecule has 0 aliphatic heterocycles. The second-order valence-electron chi connectivity index (χ2n) is 5.48. The molecular formula is C20H16N4O. The van der Waals surface area contributed by atoms with Crippen molar-refractivity contribution in [2.24, 2.45) is 0 Å². The molecule has 5 nitrogen and oxygen atoms in total. The molecule has 0 bridgehead atoms. The third kappa shape index (κ3) is 2.87. The van der Waals surface area contributed by atoms with Crippen molar-refractivity contribution in [1.82, 2.24) is 19.7 Å². The van der Waals surface area contributed by atoms with E-state index in [9.17, 15) is 0 Å². The third-order valence-electron chi connectivity index (χ3n) is 3.96. The van der Waals surface area contributed by atoms with Crippen LogP contribution in [0, 0.1) is 0 Å². The molecule has 0 fully saturated rings. The molecule has 0 saturated heterocycles. The van der Waals surface area contributed by atoms with E-state index in [1.165, 1.54) is 0 Å². The Morgan fingerprint density at radius 3 is 1.92 bits per heavy atom. The van der Waals surface area contributed by atoms with Gasteiger partial charge in [0.25, 0.3) is 0 Å². The van der Waals surface area contributed by atoms with Crippen LogP contribution in [0.1, 0.15) is 0 Å². The number of benzene rings is 2. The first-order chi connectivity index (χ1) is 12.4.